The summed E-state index contributed by atoms with van der Waals surface area (Å²) in [7, 11) is 2.11. The van der Waals surface area contributed by atoms with Gasteiger partial charge in [-0.05, 0) is 44.0 Å². The van der Waals surface area contributed by atoms with Crippen LogP contribution in [0.15, 0.2) is 24.3 Å². The molecule has 4 nitrogen and oxygen atoms in total. The van der Waals surface area contributed by atoms with Crippen molar-refractivity contribution in [3.63, 3.8) is 0 Å². The third-order valence-corrected chi connectivity index (χ3v) is 4.54. The monoisotopic (exact) mass is 375 g/mol. The molecule has 0 aliphatic heterocycles. The Morgan fingerprint density at radius 1 is 1.29 bits per heavy atom. The number of hydrogen-bond acceptors (Lipinski definition) is 3. The minimum Gasteiger partial charge on any atom is -0.352 e. The molecule has 6 heteroatoms. The zero-order valence-corrected chi connectivity index (χ0v) is 16.3. The molecule has 0 aromatic heterocycles. The molecule has 2 rings (SSSR count). The van der Waals surface area contributed by atoms with Gasteiger partial charge in [0.05, 0.1) is 0 Å². The van der Waals surface area contributed by atoms with Crippen LogP contribution in [0.25, 0.3) is 0 Å². The van der Waals surface area contributed by atoms with E-state index in [0.717, 1.165) is 44.3 Å². The van der Waals surface area contributed by atoms with Gasteiger partial charge in [0.25, 0.3) is 0 Å². The second kappa shape index (κ2) is 11.7. The fourth-order valence-corrected chi connectivity index (χ4v) is 3.06. The number of nitrogens with one attached hydrogen (secondary N) is 1. The molecule has 1 aromatic rings. The van der Waals surface area contributed by atoms with E-state index < -0.39 is 0 Å². The molecule has 1 aromatic carbocycles. The highest BCUT2D eigenvalue weighted by molar-refractivity contribution is 5.85. The van der Waals surface area contributed by atoms with Crippen LogP contribution >= 0.6 is 24.8 Å². The average Bonchev–Trinajstić information content (AvgIpc) is 2.53. The van der Waals surface area contributed by atoms with Gasteiger partial charge in [-0.1, -0.05) is 37.6 Å². The summed E-state index contributed by atoms with van der Waals surface area (Å²) in [5.74, 6) is 0.254. The molecule has 0 radical (unpaired) electrons. The largest absolute Gasteiger partial charge is 0.352 e. The molecule has 0 saturated heterocycles. The van der Waals surface area contributed by atoms with E-state index in [1.54, 1.807) is 0 Å². The van der Waals surface area contributed by atoms with Gasteiger partial charge in [0.15, 0.2) is 0 Å². The Labute approximate surface area is 158 Å². The maximum absolute atomic E-state index is 12.3. The van der Waals surface area contributed by atoms with Gasteiger partial charge in [-0.15, -0.1) is 24.8 Å². The van der Waals surface area contributed by atoms with Crippen molar-refractivity contribution in [2.45, 2.75) is 51.7 Å². The van der Waals surface area contributed by atoms with Gasteiger partial charge in [-0.2, -0.15) is 0 Å². The quantitative estimate of drug-likeness (QED) is 0.802. The number of carbonyl (C=O) groups excluding carboxylic acids is 1. The number of carbonyl (C=O) groups is 1. The second-order valence-corrected chi connectivity index (χ2v) is 6.49. The van der Waals surface area contributed by atoms with Crippen molar-refractivity contribution in [1.82, 2.24) is 10.2 Å². The van der Waals surface area contributed by atoms with Gasteiger partial charge in [-0.25, -0.2) is 0 Å². The topological polar surface area (TPSA) is 58.4 Å². The lowest BCUT2D eigenvalue weighted by molar-refractivity contribution is -0.126. The summed E-state index contributed by atoms with van der Waals surface area (Å²) >= 11 is 0. The van der Waals surface area contributed by atoms with Crippen molar-refractivity contribution < 1.29 is 4.79 Å². The van der Waals surface area contributed by atoms with Crippen LogP contribution in [0.2, 0.25) is 0 Å². The number of halogens is 2. The summed E-state index contributed by atoms with van der Waals surface area (Å²) in [5.41, 5.74) is 8.42. The highest BCUT2D eigenvalue weighted by Gasteiger charge is 2.24. The minimum absolute atomic E-state index is 0. The first-order valence-electron chi connectivity index (χ1n) is 8.38. The van der Waals surface area contributed by atoms with Gasteiger partial charge >= 0.3 is 0 Å². The number of nitrogens with two attached hydrogens (primary N) is 1. The summed E-state index contributed by atoms with van der Waals surface area (Å²) in [4.78, 5) is 14.5. The van der Waals surface area contributed by atoms with Crippen molar-refractivity contribution in [3.8, 4) is 0 Å². The SMILES string of the molecule is CCN(C)Cc1cccc(CNC(=O)C2CCCC(N)C2)c1.Cl.Cl. The molecule has 2 atom stereocenters. The summed E-state index contributed by atoms with van der Waals surface area (Å²) in [5, 5.41) is 3.08. The molecule has 1 amide bonds. The Bertz CT molecular complexity index is 499. The lowest BCUT2D eigenvalue weighted by atomic mass is 9.85. The Balaban J connectivity index is 0.00000264. The summed E-state index contributed by atoms with van der Waals surface area (Å²) in [6.45, 7) is 4.73. The number of nitrogens with zero attached hydrogens (tertiary/aromatic N) is 1. The fraction of sp³-hybridized carbons (Fsp3) is 0.611. The lowest BCUT2D eigenvalue weighted by Crippen LogP contribution is -2.37. The molecule has 24 heavy (non-hydrogen) atoms. The van der Waals surface area contributed by atoms with Crippen molar-refractivity contribution in [1.29, 1.82) is 0 Å². The predicted molar refractivity (Wildman–Crippen MR) is 105 cm³/mol. The summed E-state index contributed by atoms with van der Waals surface area (Å²) < 4.78 is 0. The smallest absolute Gasteiger partial charge is 0.223 e. The maximum atomic E-state index is 12.3. The van der Waals surface area contributed by atoms with Crippen LogP contribution in [-0.2, 0) is 17.9 Å². The average molecular weight is 376 g/mol. The van der Waals surface area contributed by atoms with Crippen LogP contribution in [0.3, 0.4) is 0 Å². The van der Waals surface area contributed by atoms with E-state index in [9.17, 15) is 4.79 Å². The molecular formula is C18H31Cl2N3O. The van der Waals surface area contributed by atoms with Gasteiger partial charge in [-0.3, -0.25) is 4.79 Å². The standard InChI is InChI=1S/C18H29N3O.2ClH/c1-3-21(2)13-15-7-4-6-14(10-15)12-20-18(22)16-8-5-9-17(19)11-16;;/h4,6-7,10,16-17H,3,5,8-9,11-13,19H2,1-2H3,(H,20,22);2*1H. The van der Waals surface area contributed by atoms with Crippen LogP contribution in [0, 0.1) is 5.92 Å². The second-order valence-electron chi connectivity index (χ2n) is 6.49. The summed E-state index contributed by atoms with van der Waals surface area (Å²) in [6, 6.07) is 8.65. The molecule has 3 N–H and O–H groups in total. The predicted octanol–water partition coefficient (Wildman–Crippen LogP) is 3.12. The van der Waals surface area contributed by atoms with E-state index in [4.69, 9.17) is 5.73 Å². The molecule has 2 unspecified atom stereocenters. The van der Waals surface area contributed by atoms with Crippen molar-refractivity contribution >= 4 is 30.7 Å². The zero-order valence-electron chi connectivity index (χ0n) is 14.7. The number of benzene rings is 1. The Hall–Kier alpha value is -0.810. The van der Waals surface area contributed by atoms with E-state index >= 15 is 0 Å². The Morgan fingerprint density at radius 3 is 2.67 bits per heavy atom. The zero-order chi connectivity index (χ0) is 15.9. The van der Waals surface area contributed by atoms with Crippen LogP contribution < -0.4 is 11.1 Å². The van der Waals surface area contributed by atoms with Gasteiger partial charge in [0.1, 0.15) is 0 Å². The Kier molecular flexibility index (Phi) is 11.3. The first-order valence-corrected chi connectivity index (χ1v) is 8.38. The van der Waals surface area contributed by atoms with Gasteiger partial charge in [0, 0.05) is 25.0 Å². The highest BCUT2D eigenvalue weighted by Crippen LogP contribution is 2.23. The molecule has 1 fully saturated rings. The summed E-state index contributed by atoms with van der Waals surface area (Å²) in [6.07, 6.45) is 3.92. The Morgan fingerprint density at radius 2 is 2.00 bits per heavy atom. The fourth-order valence-electron chi connectivity index (χ4n) is 3.06. The normalized spacial score (nSPS) is 20.0. The minimum atomic E-state index is 0. The van der Waals surface area contributed by atoms with Crippen molar-refractivity contribution in [2.24, 2.45) is 11.7 Å². The van der Waals surface area contributed by atoms with E-state index in [0.29, 0.717) is 6.54 Å². The van der Waals surface area contributed by atoms with Gasteiger partial charge < -0.3 is 16.0 Å². The lowest BCUT2D eigenvalue weighted by Gasteiger charge is -2.25. The van der Waals surface area contributed by atoms with E-state index in [-0.39, 0.29) is 42.7 Å². The first kappa shape index (κ1) is 23.2. The molecule has 0 spiro atoms. The van der Waals surface area contributed by atoms with Gasteiger partial charge in [0.2, 0.25) is 5.91 Å². The molecule has 138 valence electrons. The molecule has 0 bridgehead atoms. The van der Waals surface area contributed by atoms with E-state index in [1.807, 2.05) is 0 Å². The van der Waals surface area contributed by atoms with Crippen LogP contribution in [0.5, 0.6) is 0 Å². The first-order chi connectivity index (χ1) is 10.6. The molecule has 0 heterocycles. The van der Waals surface area contributed by atoms with Crippen LogP contribution in [0.1, 0.15) is 43.7 Å². The van der Waals surface area contributed by atoms with E-state index in [1.165, 1.54) is 5.56 Å². The van der Waals surface area contributed by atoms with E-state index in [2.05, 4.69) is 48.5 Å². The number of hydrogen-bond donors (Lipinski definition) is 2. The van der Waals surface area contributed by atoms with Crippen molar-refractivity contribution in [3.05, 3.63) is 35.4 Å². The van der Waals surface area contributed by atoms with Crippen LogP contribution in [0.4, 0.5) is 0 Å². The maximum Gasteiger partial charge on any atom is 0.223 e. The van der Waals surface area contributed by atoms with Crippen molar-refractivity contribution in [2.75, 3.05) is 13.6 Å². The molecule has 1 aliphatic rings. The molecule has 1 aliphatic carbocycles. The number of amides is 1. The third kappa shape index (κ3) is 7.39. The number of rotatable bonds is 6. The molecule has 1 saturated carbocycles. The highest BCUT2D eigenvalue weighted by atomic mass is 35.5. The molecular weight excluding hydrogens is 345 g/mol. The van der Waals surface area contributed by atoms with Crippen LogP contribution in [-0.4, -0.2) is 30.4 Å². The third-order valence-electron chi connectivity index (χ3n) is 4.54.